The Morgan fingerprint density at radius 3 is 2.64 bits per heavy atom. The highest BCUT2D eigenvalue weighted by molar-refractivity contribution is 5.93. The fourth-order valence-electron chi connectivity index (χ4n) is 5.82. The fourth-order valence-corrected chi connectivity index (χ4v) is 5.82. The number of benzene rings is 1. The largest absolute Gasteiger partial charge is 0.490 e. The van der Waals surface area contributed by atoms with Crippen molar-refractivity contribution in [2.45, 2.75) is 78.4 Å². The Morgan fingerprint density at radius 1 is 1.21 bits per heavy atom. The molecule has 42 heavy (non-hydrogen) atoms. The standard InChI is InChI=1S/C31H39FN4O6/c1-17-20-7-6-12-41-27(20)22(32)15-21(17)26-25(28(30(38)39)42-31(3,4)5)18(2)34-24-16-23(35-36(24)26)29(37)33-11-8-19-9-13-40-14-10-19/h15-16,19,28H,6-14H2,1-5H3,(H,33,37)(H,38,39). The molecule has 5 rings (SSSR count). The second-order valence-electron chi connectivity index (χ2n) is 12.1. The van der Waals surface area contributed by atoms with Crippen LogP contribution in [-0.4, -0.2) is 63.5 Å². The number of amides is 1. The third-order valence-electron chi connectivity index (χ3n) is 7.89. The van der Waals surface area contributed by atoms with Crippen LogP contribution in [-0.2, 0) is 20.7 Å². The number of hydrogen-bond acceptors (Lipinski definition) is 7. The quantitative estimate of drug-likeness (QED) is 0.382. The molecule has 0 spiro atoms. The fraction of sp³-hybridized carbons (Fsp3) is 0.548. The van der Waals surface area contributed by atoms with Crippen molar-refractivity contribution >= 4 is 17.5 Å². The van der Waals surface area contributed by atoms with Gasteiger partial charge in [-0.2, -0.15) is 5.10 Å². The molecule has 4 heterocycles. The van der Waals surface area contributed by atoms with Crippen LogP contribution < -0.4 is 10.1 Å². The summed E-state index contributed by atoms with van der Waals surface area (Å²) >= 11 is 0. The summed E-state index contributed by atoms with van der Waals surface area (Å²) in [4.78, 5) is 30.5. The van der Waals surface area contributed by atoms with Crippen LogP contribution in [0, 0.1) is 25.6 Å². The molecule has 0 saturated carbocycles. The number of nitrogens with zero attached hydrogens (tertiary/aromatic N) is 3. The number of fused-ring (bicyclic) bond motifs is 2. The van der Waals surface area contributed by atoms with Crippen LogP contribution in [0.2, 0.25) is 0 Å². The molecule has 0 aliphatic carbocycles. The van der Waals surface area contributed by atoms with Crippen LogP contribution >= 0.6 is 0 Å². The number of rotatable bonds is 8. The molecule has 2 aromatic heterocycles. The van der Waals surface area contributed by atoms with Gasteiger partial charge in [-0.25, -0.2) is 18.7 Å². The summed E-state index contributed by atoms with van der Waals surface area (Å²) in [7, 11) is 0. The first kappa shape index (κ1) is 29.9. The van der Waals surface area contributed by atoms with E-state index in [1.807, 2.05) is 6.92 Å². The second kappa shape index (κ2) is 12.0. The Hall–Kier alpha value is -3.57. The number of nitrogens with one attached hydrogen (secondary N) is 1. The van der Waals surface area contributed by atoms with Crippen molar-refractivity contribution in [1.29, 1.82) is 0 Å². The first-order chi connectivity index (χ1) is 19.9. The highest BCUT2D eigenvalue weighted by Gasteiger charge is 2.35. The van der Waals surface area contributed by atoms with Gasteiger partial charge in [0, 0.05) is 48.2 Å². The minimum atomic E-state index is -1.42. The smallest absolute Gasteiger partial charge is 0.337 e. The number of carbonyl (C=O) groups excluding carboxylic acids is 1. The Balaban J connectivity index is 1.63. The highest BCUT2D eigenvalue weighted by atomic mass is 19.1. The molecule has 11 heteroatoms. The summed E-state index contributed by atoms with van der Waals surface area (Å²) < 4.78 is 34.0. The lowest BCUT2D eigenvalue weighted by atomic mass is 9.91. The Labute approximate surface area is 244 Å². The molecule has 1 atom stereocenters. The minimum Gasteiger partial charge on any atom is -0.490 e. The second-order valence-corrected chi connectivity index (χ2v) is 12.1. The maximum atomic E-state index is 15.5. The molecule has 0 bridgehead atoms. The molecule has 1 saturated heterocycles. The lowest BCUT2D eigenvalue weighted by Gasteiger charge is -2.28. The number of hydrogen-bond donors (Lipinski definition) is 2. The van der Waals surface area contributed by atoms with Crippen molar-refractivity contribution in [3.63, 3.8) is 0 Å². The zero-order valence-corrected chi connectivity index (χ0v) is 24.9. The normalized spacial score (nSPS) is 16.6. The van der Waals surface area contributed by atoms with E-state index >= 15 is 4.39 Å². The van der Waals surface area contributed by atoms with Gasteiger partial charge in [-0.15, -0.1) is 0 Å². The number of aryl methyl sites for hydroxylation is 1. The highest BCUT2D eigenvalue weighted by Crippen LogP contribution is 2.41. The van der Waals surface area contributed by atoms with Gasteiger partial charge in [-0.05, 0) is 84.3 Å². The molecule has 1 fully saturated rings. The average Bonchev–Trinajstić information content (AvgIpc) is 3.37. The molecule has 2 aliphatic rings. The van der Waals surface area contributed by atoms with Crippen molar-refractivity contribution in [3.8, 4) is 17.0 Å². The van der Waals surface area contributed by atoms with E-state index < -0.39 is 23.5 Å². The van der Waals surface area contributed by atoms with Gasteiger partial charge in [0.2, 0.25) is 0 Å². The van der Waals surface area contributed by atoms with E-state index in [2.05, 4.69) is 15.4 Å². The van der Waals surface area contributed by atoms with Gasteiger partial charge < -0.3 is 24.6 Å². The van der Waals surface area contributed by atoms with Gasteiger partial charge in [-0.1, -0.05) is 0 Å². The van der Waals surface area contributed by atoms with E-state index in [1.54, 1.807) is 33.8 Å². The number of ether oxygens (including phenoxy) is 3. The summed E-state index contributed by atoms with van der Waals surface area (Å²) in [5.74, 6) is -1.40. The van der Waals surface area contributed by atoms with Gasteiger partial charge in [0.05, 0.1) is 17.9 Å². The van der Waals surface area contributed by atoms with Crippen LogP contribution in [0.5, 0.6) is 5.75 Å². The molecule has 3 aromatic rings. The average molecular weight is 583 g/mol. The maximum absolute atomic E-state index is 15.5. The monoisotopic (exact) mass is 582 g/mol. The van der Waals surface area contributed by atoms with Gasteiger partial charge in [0.15, 0.2) is 29.0 Å². The van der Waals surface area contributed by atoms with Crippen molar-refractivity contribution in [2.24, 2.45) is 5.92 Å². The lowest BCUT2D eigenvalue weighted by Crippen LogP contribution is -2.29. The van der Waals surface area contributed by atoms with Gasteiger partial charge >= 0.3 is 5.97 Å². The summed E-state index contributed by atoms with van der Waals surface area (Å²) in [6.07, 6.45) is 2.72. The molecule has 10 nitrogen and oxygen atoms in total. The summed E-state index contributed by atoms with van der Waals surface area (Å²) in [5, 5.41) is 17.9. The number of aliphatic carboxylic acids is 1. The lowest BCUT2D eigenvalue weighted by molar-refractivity contribution is -0.160. The summed E-state index contributed by atoms with van der Waals surface area (Å²) in [6.45, 7) is 11.3. The van der Waals surface area contributed by atoms with Crippen molar-refractivity contribution in [3.05, 3.63) is 46.0 Å². The third-order valence-corrected chi connectivity index (χ3v) is 7.89. The molecule has 2 aliphatic heterocycles. The predicted molar refractivity (Wildman–Crippen MR) is 153 cm³/mol. The third kappa shape index (κ3) is 6.12. The minimum absolute atomic E-state index is 0.135. The topological polar surface area (TPSA) is 124 Å². The van der Waals surface area contributed by atoms with Crippen LogP contribution in [0.1, 0.15) is 85.4 Å². The Bertz CT molecular complexity index is 1510. The molecular weight excluding hydrogens is 543 g/mol. The number of aromatic nitrogens is 3. The number of carboxylic acids is 1. The van der Waals surface area contributed by atoms with Crippen molar-refractivity contribution in [2.75, 3.05) is 26.4 Å². The maximum Gasteiger partial charge on any atom is 0.337 e. The van der Waals surface area contributed by atoms with Crippen LogP contribution in [0.4, 0.5) is 4.39 Å². The zero-order valence-electron chi connectivity index (χ0n) is 24.9. The number of carbonyl (C=O) groups is 2. The molecular formula is C31H39FN4O6. The number of halogens is 1. The first-order valence-corrected chi connectivity index (χ1v) is 14.6. The predicted octanol–water partition coefficient (Wildman–Crippen LogP) is 4.96. The van der Waals surface area contributed by atoms with Gasteiger partial charge in [0.1, 0.15) is 0 Å². The Morgan fingerprint density at radius 2 is 1.95 bits per heavy atom. The number of carboxylic acid groups (broad SMARTS) is 1. The van der Waals surface area contributed by atoms with Crippen LogP contribution in [0.25, 0.3) is 16.9 Å². The SMILES string of the molecule is Cc1nc2cc(C(=O)NCCC3CCOCC3)nn2c(-c2cc(F)c3c(c2C)CCCO3)c1C(OC(C)(C)C)C(=O)O. The molecule has 1 unspecified atom stereocenters. The molecule has 1 amide bonds. The van der Waals surface area contributed by atoms with Crippen molar-refractivity contribution in [1.82, 2.24) is 19.9 Å². The summed E-state index contributed by atoms with van der Waals surface area (Å²) in [6, 6.07) is 2.92. The van der Waals surface area contributed by atoms with E-state index in [0.29, 0.717) is 48.1 Å². The van der Waals surface area contributed by atoms with E-state index in [0.717, 1.165) is 50.0 Å². The zero-order chi connectivity index (χ0) is 30.2. The molecule has 1 aromatic carbocycles. The van der Waals surface area contributed by atoms with E-state index in [9.17, 15) is 14.7 Å². The first-order valence-electron chi connectivity index (χ1n) is 14.6. The van der Waals surface area contributed by atoms with Crippen LogP contribution in [0.15, 0.2) is 12.1 Å². The Kier molecular flexibility index (Phi) is 8.52. The van der Waals surface area contributed by atoms with Gasteiger partial charge in [-0.3, -0.25) is 4.79 Å². The van der Waals surface area contributed by atoms with Crippen LogP contribution in [0.3, 0.4) is 0 Å². The molecule has 0 radical (unpaired) electrons. The van der Waals surface area contributed by atoms with Gasteiger partial charge in [0.25, 0.3) is 5.91 Å². The van der Waals surface area contributed by atoms with E-state index in [1.165, 1.54) is 10.6 Å². The van der Waals surface area contributed by atoms with E-state index in [4.69, 9.17) is 14.2 Å². The van der Waals surface area contributed by atoms with E-state index in [-0.39, 0.29) is 22.9 Å². The summed E-state index contributed by atoms with van der Waals surface area (Å²) in [5.41, 5.74) is 2.54. The molecule has 226 valence electrons. The molecule has 2 N–H and O–H groups in total. The van der Waals surface area contributed by atoms with Crippen molar-refractivity contribution < 1.29 is 33.3 Å².